The number of hydrogen-bond acceptors (Lipinski definition) is 6. The third kappa shape index (κ3) is 6.83. The first kappa shape index (κ1) is 21.7. The summed E-state index contributed by atoms with van der Waals surface area (Å²) in [5.74, 6) is -0.409. The average Bonchev–Trinajstić information content (AvgIpc) is 3.17. The van der Waals surface area contributed by atoms with Crippen LogP contribution in [0.5, 0.6) is 0 Å². The van der Waals surface area contributed by atoms with Crippen LogP contribution in [0.1, 0.15) is 17.7 Å². The Morgan fingerprint density at radius 1 is 1.14 bits per heavy atom. The minimum Gasteiger partial charge on any atom is -0.467 e. The second-order valence-electron chi connectivity index (χ2n) is 5.80. The van der Waals surface area contributed by atoms with Crippen molar-refractivity contribution in [3.63, 3.8) is 0 Å². The quantitative estimate of drug-likeness (QED) is 0.427. The molecule has 2 aromatic rings. The predicted molar refractivity (Wildman–Crippen MR) is 94.8 cm³/mol. The number of nitro benzene ring substituents is 1. The second-order valence-corrected chi connectivity index (χ2v) is 5.80. The first-order valence-electron chi connectivity index (χ1n) is 8.32. The molecule has 0 radical (unpaired) electrons. The molecule has 0 spiro atoms. The summed E-state index contributed by atoms with van der Waals surface area (Å²) < 4.78 is 43.1. The third-order valence-corrected chi connectivity index (χ3v) is 3.68. The fraction of sp³-hybridized carbons (Fsp3) is 0.294. The summed E-state index contributed by atoms with van der Waals surface area (Å²) in [5.41, 5.74) is -2.04. The fourth-order valence-electron chi connectivity index (χ4n) is 2.25. The van der Waals surface area contributed by atoms with Crippen LogP contribution < -0.4 is 16.0 Å². The summed E-state index contributed by atoms with van der Waals surface area (Å²) in [7, 11) is 0. The summed E-state index contributed by atoms with van der Waals surface area (Å²) in [6, 6.07) is 5.40. The van der Waals surface area contributed by atoms with Gasteiger partial charge in [-0.3, -0.25) is 19.7 Å². The lowest BCUT2D eigenvalue weighted by Gasteiger charge is -2.11. The van der Waals surface area contributed by atoms with Crippen LogP contribution in [0.3, 0.4) is 0 Å². The van der Waals surface area contributed by atoms with Crippen molar-refractivity contribution >= 4 is 23.2 Å². The van der Waals surface area contributed by atoms with Gasteiger partial charge < -0.3 is 20.4 Å². The van der Waals surface area contributed by atoms with Gasteiger partial charge in [-0.2, -0.15) is 13.2 Å². The number of nitro groups is 1. The van der Waals surface area contributed by atoms with E-state index in [1.54, 1.807) is 12.1 Å². The van der Waals surface area contributed by atoms with Crippen molar-refractivity contribution in [1.29, 1.82) is 0 Å². The van der Waals surface area contributed by atoms with Crippen LogP contribution >= 0.6 is 0 Å². The summed E-state index contributed by atoms with van der Waals surface area (Å²) in [6.07, 6.45) is -3.40. The first-order chi connectivity index (χ1) is 13.7. The number of nitrogens with zero attached hydrogens (tertiary/aromatic N) is 1. The van der Waals surface area contributed by atoms with Gasteiger partial charge in [0.15, 0.2) is 0 Å². The molecule has 0 atom stereocenters. The van der Waals surface area contributed by atoms with E-state index in [2.05, 4.69) is 16.0 Å². The molecule has 0 unspecified atom stereocenters. The van der Waals surface area contributed by atoms with Gasteiger partial charge in [0, 0.05) is 19.0 Å². The Labute approximate surface area is 162 Å². The molecule has 9 nitrogen and oxygen atoms in total. The topological polar surface area (TPSA) is 127 Å². The minimum absolute atomic E-state index is 0.0773. The minimum atomic E-state index is -4.71. The van der Waals surface area contributed by atoms with Crippen LogP contribution in [-0.2, 0) is 22.3 Å². The Balaban J connectivity index is 1.78. The molecule has 0 bridgehead atoms. The van der Waals surface area contributed by atoms with Crippen LogP contribution in [0, 0.1) is 10.1 Å². The summed E-state index contributed by atoms with van der Waals surface area (Å²) in [5, 5.41) is 18.4. The summed E-state index contributed by atoms with van der Waals surface area (Å²) in [4.78, 5) is 33.4. The van der Waals surface area contributed by atoms with Gasteiger partial charge in [-0.15, -0.1) is 0 Å². The van der Waals surface area contributed by atoms with Crippen molar-refractivity contribution < 1.29 is 32.1 Å². The van der Waals surface area contributed by atoms with Gasteiger partial charge in [0.25, 0.3) is 5.69 Å². The Morgan fingerprint density at radius 2 is 1.90 bits per heavy atom. The molecule has 0 aliphatic carbocycles. The maximum atomic E-state index is 12.7. The number of alkyl halides is 3. The molecule has 0 fully saturated rings. The average molecular weight is 414 g/mol. The van der Waals surface area contributed by atoms with Gasteiger partial charge >= 0.3 is 6.18 Å². The molecule has 1 heterocycles. The lowest BCUT2D eigenvalue weighted by atomic mass is 10.1. The number of furan rings is 1. The summed E-state index contributed by atoms with van der Waals surface area (Å²) in [6.45, 7) is -0.188. The molecule has 0 aliphatic heterocycles. The van der Waals surface area contributed by atoms with Crippen molar-refractivity contribution in [3.8, 4) is 0 Å². The van der Waals surface area contributed by atoms with Crippen molar-refractivity contribution in [1.82, 2.24) is 10.6 Å². The molecular formula is C17H17F3N4O5. The fourth-order valence-corrected chi connectivity index (χ4v) is 2.25. The van der Waals surface area contributed by atoms with Crippen molar-refractivity contribution in [2.24, 2.45) is 0 Å². The van der Waals surface area contributed by atoms with Gasteiger partial charge in [-0.1, -0.05) is 0 Å². The highest BCUT2D eigenvalue weighted by atomic mass is 19.4. The van der Waals surface area contributed by atoms with E-state index in [0.717, 1.165) is 6.07 Å². The molecule has 156 valence electrons. The van der Waals surface area contributed by atoms with Crippen LogP contribution in [0.25, 0.3) is 0 Å². The maximum Gasteiger partial charge on any atom is 0.416 e. The third-order valence-electron chi connectivity index (χ3n) is 3.68. The smallest absolute Gasteiger partial charge is 0.416 e. The molecule has 1 aromatic carbocycles. The molecule has 12 heteroatoms. The maximum absolute atomic E-state index is 12.7. The van der Waals surface area contributed by atoms with Gasteiger partial charge in [0.2, 0.25) is 11.8 Å². The van der Waals surface area contributed by atoms with E-state index >= 15 is 0 Å². The Morgan fingerprint density at radius 3 is 2.52 bits per heavy atom. The SMILES string of the molecule is O=C(CCNc1ccc(C(F)(F)F)cc1[N+](=O)[O-])NCC(=O)NCc1ccco1. The van der Waals surface area contributed by atoms with E-state index in [-0.39, 0.29) is 31.7 Å². The number of anilines is 1. The van der Waals surface area contributed by atoms with Crippen molar-refractivity contribution in [3.05, 3.63) is 58.0 Å². The molecule has 0 aliphatic rings. The van der Waals surface area contributed by atoms with Gasteiger partial charge in [-0.05, 0) is 24.3 Å². The molecular weight excluding hydrogens is 397 g/mol. The number of benzene rings is 1. The lowest BCUT2D eigenvalue weighted by molar-refractivity contribution is -0.384. The molecule has 29 heavy (non-hydrogen) atoms. The van der Waals surface area contributed by atoms with Crippen LogP contribution in [-0.4, -0.2) is 29.8 Å². The Kier molecular flexibility index (Phi) is 7.17. The first-order valence-corrected chi connectivity index (χ1v) is 8.32. The largest absolute Gasteiger partial charge is 0.467 e. The molecule has 3 N–H and O–H groups in total. The van der Waals surface area contributed by atoms with E-state index in [1.807, 2.05) is 0 Å². The number of carbonyl (C=O) groups excluding carboxylic acids is 2. The molecule has 2 amide bonds. The molecule has 1 aromatic heterocycles. The van der Waals surface area contributed by atoms with E-state index < -0.39 is 34.2 Å². The monoisotopic (exact) mass is 414 g/mol. The second kappa shape index (κ2) is 9.57. The standard InChI is InChI=1S/C17H17F3N4O5/c18-17(19,20)11-3-4-13(14(8-11)24(27)28)21-6-5-15(25)23-10-16(26)22-9-12-2-1-7-29-12/h1-4,7-8,21H,5-6,9-10H2,(H,22,26)(H,23,25). The van der Waals surface area contributed by atoms with E-state index in [0.29, 0.717) is 17.9 Å². The molecule has 2 rings (SSSR count). The zero-order chi connectivity index (χ0) is 21.4. The van der Waals surface area contributed by atoms with Gasteiger partial charge in [-0.25, -0.2) is 0 Å². The van der Waals surface area contributed by atoms with Crippen LogP contribution in [0.15, 0.2) is 41.0 Å². The van der Waals surface area contributed by atoms with Crippen LogP contribution in [0.4, 0.5) is 24.5 Å². The van der Waals surface area contributed by atoms with Crippen LogP contribution in [0.2, 0.25) is 0 Å². The molecule has 0 saturated heterocycles. The normalized spacial score (nSPS) is 11.0. The highest BCUT2D eigenvalue weighted by molar-refractivity contribution is 5.84. The lowest BCUT2D eigenvalue weighted by Crippen LogP contribution is -2.37. The predicted octanol–water partition coefficient (Wildman–Crippen LogP) is 2.44. The Bertz CT molecular complexity index is 868. The number of nitrogens with one attached hydrogen (secondary N) is 3. The van der Waals surface area contributed by atoms with Crippen molar-refractivity contribution in [2.75, 3.05) is 18.4 Å². The van der Waals surface area contributed by atoms with Gasteiger partial charge in [0.05, 0.1) is 29.8 Å². The number of carbonyl (C=O) groups is 2. The number of amides is 2. The van der Waals surface area contributed by atoms with Gasteiger partial charge in [0.1, 0.15) is 11.4 Å². The highest BCUT2D eigenvalue weighted by Gasteiger charge is 2.33. The van der Waals surface area contributed by atoms with E-state index in [4.69, 9.17) is 4.42 Å². The summed E-state index contributed by atoms with van der Waals surface area (Å²) >= 11 is 0. The zero-order valence-corrected chi connectivity index (χ0v) is 14.9. The number of halogens is 3. The number of hydrogen-bond donors (Lipinski definition) is 3. The Hall–Kier alpha value is -3.57. The van der Waals surface area contributed by atoms with E-state index in [9.17, 15) is 32.9 Å². The molecule has 0 saturated carbocycles. The van der Waals surface area contributed by atoms with E-state index in [1.165, 1.54) is 6.26 Å². The zero-order valence-electron chi connectivity index (χ0n) is 14.9. The number of rotatable bonds is 9. The highest BCUT2D eigenvalue weighted by Crippen LogP contribution is 2.34. The van der Waals surface area contributed by atoms with Crippen molar-refractivity contribution in [2.45, 2.75) is 19.1 Å².